The second-order valence-electron chi connectivity index (χ2n) is 4.99. The molecule has 0 saturated carbocycles. The van der Waals surface area contributed by atoms with Crippen molar-refractivity contribution in [2.24, 2.45) is 5.73 Å². The Kier molecular flexibility index (Phi) is 5.86. The minimum absolute atomic E-state index is 0.269. The zero-order valence-electron chi connectivity index (χ0n) is 11.4. The van der Waals surface area contributed by atoms with Crippen LogP contribution < -0.4 is 11.1 Å². The molecule has 0 saturated heterocycles. The topological polar surface area (TPSA) is 55.1 Å². The largest absolute Gasteiger partial charge is 0.368 e. The average molecular weight is 248 g/mol. The maximum atomic E-state index is 11.6. The molecule has 0 aliphatic rings. The molecule has 3 nitrogen and oxygen atoms in total. The highest BCUT2D eigenvalue weighted by atomic mass is 16.1. The van der Waals surface area contributed by atoms with Crippen LogP contribution in [0.2, 0.25) is 0 Å². The van der Waals surface area contributed by atoms with E-state index in [1.165, 1.54) is 5.56 Å². The summed E-state index contributed by atoms with van der Waals surface area (Å²) in [5.74, 6) is -0.269. The van der Waals surface area contributed by atoms with E-state index in [-0.39, 0.29) is 5.91 Å². The van der Waals surface area contributed by atoms with Crippen molar-refractivity contribution in [3.8, 4) is 0 Å². The minimum Gasteiger partial charge on any atom is -0.368 e. The molecule has 1 amide bonds. The van der Waals surface area contributed by atoms with Gasteiger partial charge in [0.25, 0.3) is 0 Å². The number of primary amides is 1. The van der Waals surface area contributed by atoms with Crippen molar-refractivity contribution in [1.82, 2.24) is 5.32 Å². The van der Waals surface area contributed by atoms with Gasteiger partial charge in [-0.1, -0.05) is 56.5 Å². The van der Waals surface area contributed by atoms with Crippen molar-refractivity contribution < 1.29 is 4.79 Å². The Balaban J connectivity index is 2.54. The summed E-state index contributed by atoms with van der Waals surface area (Å²) < 4.78 is 0. The van der Waals surface area contributed by atoms with Gasteiger partial charge in [-0.05, 0) is 18.9 Å². The molecule has 0 aromatic heterocycles. The number of rotatable bonds is 8. The van der Waals surface area contributed by atoms with E-state index in [9.17, 15) is 4.79 Å². The van der Waals surface area contributed by atoms with Crippen molar-refractivity contribution in [2.45, 2.75) is 51.6 Å². The molecule has 3 N–H and O–H groups in total. The van der Waals surface area contributed by atoms with E-state index in [1.54, 1.807) is 0 Å². The van der Waals surface area contributed by atoms with Gasteiger partial charge in [-0.2, -0.15) is 0 Å². The van der Waals surface area contributed by atoms with Crippen molar-refractivity contribution >= 4 is 5.91 Å². The molecular formula is C15H24N2O. The Labute approximate surface area is 110 Å². The SMILES string of the molecule is CCCCCC(C)(NCc1ccccc1)C(N)=O. The van der Waals surface area contributed by atoms with Crippen molar-refractivity contribution in [1.29, 1.82) is 0 Å². The molecule has 0 aliphatic carbocycles. The van der Waals surface area contributed by atoms with E-state index in [1.807, 2.05) is 37.3 Å². The molecule has 1 atom stereocenters. The molecule has 1 unspecified atom stereocenters. The maximum absolute atomic E-state index is 11.6. The predicted molar refractivity (Wildman–Crippen MR) is 75.0 cm³/mol. The highest BCUT2D eigenvalue weighted by molar-refractivity contribution is 5.84. The van der Waals surface area contributed by atoms with Crippen LogP contribution >= 0.6 is 0 Å². The Hall–Kier alpha value is -1.35. The third-order valence-electron chi connectivity index (χ3n) is 3.35. The van der Waals surface area contributed by atoms with Crippen molar-refractivity contribution in [3.05, 3.63) is 35.9 Å². The number of hydrogen-bond acceptors (Lipinski definition) is 2. The lowest BCUT2D eigenvalue weighted by Crippen LogP contribution is -2.52. The van der Waals surface area contributed by atoms with Crippen LogP contribution in [0.1, 0.15) is 45.1 Å². The number of nitrogens with one attached hydrogen (secondary N) is 1. The van der Waals surface area contributed by atoms with Gasteiger partial charge in [-0.25, -0.2) is 0 Å². The fourth-order valence-electron chi connectivity index (χ4n) is 1.92. The summed E-state index contributed by atoms with van der Waals surface area (Å²) in [6.45, 7) is 4.72. The zero-order valence-corrected chi connectivity index (χ0v) is 11.4. The number of nitrogens with two attached hydrogens (primary N) is 1. The van der Waals surface area contributed by atoms with Crippen LogP contribution in [0.25, 0.3) is 0 Å². The molecule has 1 rings (SSSR count). The van der Waals surface area contributed by atoms with Gasteiger partial charge in [0.15, 0.2) is 0 Å². The number of unbranched alkanes of at least 4 members (excludes halogenated alkanes) is 2. The molecule has 1 aromatic rings. The second-order valence-corrected chi connectivity index (χ2v) is 4.99. The van der Waals surface area contributed by atoms with E-state index in [4.69, 9.17) is 5.73 Å². The highest BCUT2D eigenvalue weighted by Crippen LogP contribution is 2.15. The maximum Gasteiger partial charge on any atom is 0.237 e. The molecule has 0 radical (unpaired) electrons. The Morgan fingerprint density at radius 2 is 1.94 bits per heavy atom. The normalized spacial score (nSPS) is 14.1. The standard InChI is InChI=1S/C15H24N2O/c1-3-4-8-11-15(2,14(16)18)17-12-13-9-6-5-7-10-13/h5-7,9-10,17H,3-4,8,11-12H2,1-2H3,(H2,16,18). The number of carbonyl (C=O) groups is 1. The summed E-state index contributed by atoms with van der Waals surface area (Å²) >= 11 is 0. The third kappa shape index (κ3) is 4.49. The van der Waals surface area contributed by atoms with Crippen LogP contribution in [0.15, 0.2) is 30.3 Å². The smallest absolute Gasteiger partial charge is 0.237 e. The molecule has 0 aliphatic heterocycles. The summed E-state index contributed by atoms with van der Waals surface area (Å²) in [5, 5.41) is 3.30. The molecule has 18 heavy (non-hydrogen) atoms. The van der Waals surface area contributed by atoms with Gasteiger partial charge in [-0.3, -0.25) is 10.1 Å². The lowest BCUT2D eigenvalue weighted by Gasteiger charge is -2.27. The fourth-order valence-corrected chi connectivity index (χ4v) is 1.92. The van der Waals surface area contributed by atoms with Gasteiger partial charge < -0.3 is 5.73 Å². The van der Waals surface area contributed by atoms with Crippen LogP contribution in [0.5, 0.6) is 0 Å². The molecule has 1 aromatic carbocycles. The number of benzene rings is 1. The number of amides is 1. The summed E-state index contributed by atoms with van der Waals surface area (Å²) in [6, 6.07) is 10.1. The lowest BCUT2D eigenvalue weighted by atomic mass is 9.93. The minimum atomic E-state index is -0.606. The molecule has 3 heteroatoms. The van der Waals surface area contributed by atoms with Crippen molar-refractivity contribution in [3.63, 3.8) is 0 Å². The second kappa shape index (κ2) is 7.17. The van der Waals surface area contributed by atoms with Gasteiger partial charge in [-0.15, -0.1) is 0 Å². The Bertz CT molecular complexity index is 364. The van der Waals surface area contributed by atoms with Gasteiger partial charge in [0.2, 0.25) is 5.91 Å². The molecule has 0 heterocycles. The molecule has 100 valence electrons. The first kappa shape index (κ1) is 14.7. The van der Waals surface area contributed by atoms with Gasteiger partial charge in [0, 0.05) is 6.54 Å². The van der Waals surface area contributed by atoms with Crippen LogP contribution in [-0.2, 0) is 11.3 Å². The van der Waals surface area contributed by atoms with E-state index < -0.39 is 5.54 Å². The first-order valence-electron chi connectivity index (χ1n) is 6.67. The van der Waals surface area contributed by atoms with Crippen LogP contribution in [0.3, 0.4) is 0 Å². The first-order valence-corrected chi connectivity index (χ1v) is 6.67. The van der Waals surface area contributed by atoms with Gasteiger partial charge >= 0.3 is 0 Å². The molecule has 0 bridgehead atoms. The fraction of sp³-hybridized carbons (Fsp3) is 0.533. The summed E-state index contributed by atoms with van der Waals surface area (Å²) in [7, 11) is 0. The monoisotopic (exact) mass is 248 g/mol. The molecule has 0 fully saturated rings. The van der Waals surface area contributed by atoms with Crippen molar-refractivity contribution in [2.75, 3.05) is 0 Å². The van der Waals surface area contributed by atoms with Gasteiger partial charge in [0.05, 0.1) is 5.54 Å². The summed E-state index contributed by atoms with van der Waals surface area (Å²) in [5.41, 5.74) is 6.08. The Morgan fingerprint density at radius 3 is 2.50 bits per heavy atom. The average Bonchev–Trinajstić information content (AvgIpc) is 2.38. The Morgan fingerprint density at radius 1 is 1.28 bits per heavy atom. The van der Waals surface area contributed by atoms with Gasteiger partial charge in [0.1, 0.15) is 0 Å². The van der Waals surface area contributed by atoms with E-state index in [0.29, 0.717) is 6.54 Å². The van der Waals surface area contributed by atoms with Crippen LogP contribution in [-0.4, -0.2) is 11.4 Å². The quantitative estimate of drug-likeness (QED) is 0.695. The highest BCUT2D eigenvalue weighted by Gasteiger charge is 2.29. The lowest BCUT2D eigenvalue weighted by molar-refractivity contribution is -0.124. The van der Waals surface area contributed by atoms with E-state index in [0.717, 1.165) is 25.7 Å². The van der Waals surface area contributed by atoms with Crippen LogP contribution in [0, 0.1) is 0 Å². The third-order valence-corrected chi connectivity index (χ3v) is 3.35. The first-order chi connectivity index (χ1) is 8.58. The van der Waals surface area contributed by atoms with E-state index >= 15 is 0 Å². The number of carbonyl (C=O) groups excluding carboxylic acids is 1. The number of hydrogen-bond donors (Lipinski definition) is 2. The predicted octanol–water partition coefficient (Wildman–Crippen LogP) is 2.60. The van der Waals surface area contributed by atoms with Crippen LogP contribution in [0.4, 0.5) is 0 Å². The summed E-state index contributed by atoms with van der Waals surface area (Å²) in [6.07, 6.45) is 4.10. The molecule has 0 spiro atoms. The zero-order chi connectivity index (χ0) is 13.4. The van der Waals surface area contributed by atoms with E-state index in [2.05, 4.69) is 12.2 Å². The molecular weight excluding hydrogens is 224 g/mol. The summed E-state index contributed by atoms with van der Waals surface area (Å²) in [4.78, 5) is 11.6.